The van der Waals surface area contributed by atoms with Crippen LogP contribution in [0.1, 0.15) is 118 Å². The van der Waals surface area contributed by atoms with Crippen molar-refractivity contribution >= 4 is 41.0 Å². The Balaban J connectivity index is 1.76. The van der Waals surface area contributed by atoms with Crippen LogP contribution in [-0.4, -0.2) is 95.4 Å². The van der Waals surface area contributed by atoms with E-state index in [4.69, 9.17) is 9.47 Å². The molecule has 0 unspecified atom stereocenters. The van der Waals surface area contributed by atoms with Crippen molar-refractivity contribution in [2.24, 2.45) is 17.8 Å². The maximum Gasteiger partial charge on any atom is 0.308 e. The first kappa shape index (κ1) is 43.4. The summed E-state index contributed by atoms with van der Waals surface area (Å²) in [5.41, 5.74) is 1.03. The van der Waals surface area contributed by atoms with Crippen molar-refractivity contribution < 1.29 is 33.4 Å². The molecule has 2 aromatic heterocycles. The lowest BCUT2D eigenvalue weighted by molar-refractivity contribution is -0.149. The van der Waals surface area contributed by atoms with E-state index in [0.717, 1.165) is 50.6 Å². The van der Waals surface area contributed by atoms with E-state index in [1.54, 1.807) is 36.6 Å². The molecule has 3 N–H and O–H groups in total. The second kappa shape index (κ2) is 21.7. The highest BCUT2D eigenvalue weighted by atomic mass is 32.1. The van der Waals surface area contributed by atoms with Gasteiger partial charge in [-0.05, 0) is 70.0 Å². The average molecular weight is 758 g/mol. The largest absolute Gasteiger partial charge is 0.469 e. The molecule has 2 aromatic rings. The predicted molar refractivity (Wildman–Crippen MR) is 202 cm³/mol. The van der Waals surface area contributed by atoms with Crippen molar-refractivity contribution in [2.75, 3.05) is 27.7 Å². The number of rotatable bonds is 22. The number of hydrogen-bond acceptors (Lipinski definition) is 12. The molecular formula is C38H59N7O7S. The van der Waals surface area contributed by atoms with Crippen LogP contribution in [0.3, 0.4) is 0 Å². The molecule has 5 atom stereocenters. The Bertz CT molecular complexity index is 1500. The van der Waals surface area contributed by atoms with E-state index in [1.807, 2.05) is 27.8 Å². The number of likely N-dealkylation sites (N-methyl/N-ethyl adjacent to an activating group) is 1. The Morgan fingerprint density at radius 1 is 1.02 bits per heavy atom. The van der Waals surface area contributed by atoms with E-state index >= 15 is 0 Å². The molecule has 0 saturated heterocycles. The number of carbonyl (C=O) groups is 5. The number of methoxy groups -OCH3 is 1. The first-order valence-corrected chi connectivity index (χ1v) is 19.6. The zero-order valence-corrected chi connectivity index (χ0v) is 33.4. The van der Waals surface area contributed by atoms with Crippen LogP contribution in [-0.2, 0) is 35.1 Å². The van der Waals surface area contributed by atoms with E-state index < -0.39 is 42.0 Å². The van der Waals surface area contributed by atoms with Gasteiger partial charge in [-0.2, -0.15) is 0 Å². The predicted octanol–water partition coefficient (Wildman–Crippen LogP) is 4.32. The topological polar surface area (TPSA) is 182 Å². The fourth-order valence-corrected chi connectivity index (χ4v) is 7.34. The number of ether oxygens (including phenoxy) is 2. The smallest absolute Gasteiger partial charge is 0.308 e. The Morgan fingerprint density at radius 2 is 1.72 bits per heavy atom. The van der Waals surface area contributed by atoms with E-state index in [1.165, 1.54) is 25.4 Å². The number of esters is 2. The minimum absolute atomic E-state index is 0.0313. The number of unbranched alkanes of at least 4 members (excludes halogenated alkanes) is 2. The van der Waals surface area contributed by atoms with Crippen LogP contribution >= 0.6 is 11.3 Å². The highest BCUT2D eigenvalue weighted by Crippen LogP contribution is 2.34. The average Bonchev–Trinajstić information content (AvgIpc) is 3.59. The van der Waals surface area contributed by atoms with Crippen molar-refractivity contribution in [1.29, 1.82) is 0 Å². The molecule has 0 aliphatic heterocycles. The first-order chi connectivity index (χ1) is 25.2. The maximum atomic E-state index is 14.1. The number of aromatic nitrogens is 3. The number of nitrogens with zero attached hydrogens (tertiary/aromatic N) is 4. The van der Waals surface area contributed by atoms with Gasteiger partial charge in [-0.25, -0.2) is 15.0 Å². The third-order valence-electron chi connectivity index (χ3n) is 9.78. The summed E-state index contributed by atoms with van der Waals surface area (Å²) in [5.74, 6) is -1.58. The van der Waals surface area contributed by atoms with Crippen molar-refractivity contribution in [1.82, 2.24) is 35.8 Å². The summed E-state index contributed by atoms with van der Waals surface area (Å²) in [6.45, 7) is 9.82. The van der Waals surface area contributed by atoms with Crippen molar-refractivity contribution in [3.05, 3.63) is 39.9 Å². The number of thiazole rings is 1. The molecule has 53 heavy (non-hydrogen) atoms. The van der Waals surface area contributed by atoms with Crippen LogP contribution in [0.5, 0.6) is 0 Å². The molecule has 0 aromatic carbocycles. The van der Waals surface area contributed by atoms with Crippen LogP contribution in [0.2, 0.25) is 0 Å². The van der Waals surface area contributed by atoms with Gasteiger partial charge in [0.25, 0.3) is 5.91 Å². The Kier molecular flexibility index (Phi) is 17.7. The standard InChI is InChI=1S/C38H59N7O7S/c1-23(2)30(45(7)37(49)34(27-13-12-14-27)44-33(47)15-10-9-11-16-39-6)19-31(52-26(5)46)36-43-29(22-53-36)35(48)42-28(17-25(4)38(50)51-8)18-32-40-20-24(3)21-41-32/h20-23,25,27-28,30-31,34,39H,9-19H2,1-8H3,(H,42,48)(H,44,47)/t25-,28+,30+,31+,34-/m0/s1. The van der Waals surface area contributed by atoms with Gasteiger partial charge in [0.15, 0.2) is 6.10 Å². The van der Waals surface area contributed by atoms with Gasteiger partial charge in [0, 0.05) is 63.1 Å². The van der Waals surface area contributed by atoms with Gasteiger partial charge in [-0.3, -0.25) is 24.0 Å². The summed E-state index contributed by atoms with van der Waals surface area (Å²) in [4.78, 5) is 80.2. The summed E-state index contributed by atoms with van der Waals surface area (Å²) in [6.07, 6.45) is 9.21. The minimum Gasteiger partial charge on any atom is -0.469 e. The summed E-state index contributed by atoms with van der Waals surface area (Å²) < 4.78 is 10.7. The molecule has 0 spiro atoms. The third kappa shape index (κ3) is 13.7. The maximum absolute atomic E-state index is 14.1. The highest BCUT2D eigenvalue weighted by molar-refractivity contribution is 7.09. The Labute approximate surface area is 318 Å². The lowest BCUT2D eigenvalue weighted by Gasteiger charge is -2.39. The molecule has 2 heterocycles. The van der Waals surface area contributed by atoms with Gasteiger partial charge in [0.1, 0.15) is 22.6 Å². The van der Waals surface area contributed by atoms with E-state index in [9.17, 15) is 24.0 Å². The molecule has 0 bridgehead atoms. The van der Waals surface area contributed by atoms with Gasteiger partial charge in [-0.1, -0.05) is 33.6 Å². The summed E-state index contributed by atoms with van der Waals surface area (Å²) in [5, 5.41) is 11.2. The molecule has 15 heteroatoms. The molecule has 0 radical (unpaired) electrons. The molecule has 3 rings (SSSR count). The lowest BCUT2D eigenvalue weighted by Crippen LogP contribution is -2.56. The summed E-state index contributed by atoms with van der Waals surface area (Å²) in [7, 11) is 4.97. The van der Waals surface area contributed by atoms with Crippen molar-refractivity contribution in [3.8, 4) is 0 Å². The van der Waals surface area contributed by atoms with Crippen LogP contribution in [0.15, 0.2) is 17.8 Å². The number of carbonyl (C=O) groups excluding carboxylic acids is 5. The molecule has 1 saturated carbocycles. The van der Waals surface area contributed by atoms with Crippen LogP contribution < -0.4 is 16.0 Å². The SMILES string of the molecule is CNCCCCCC(=O)N[C@H](C(=O)N(C)[C@H](C[C@@H](OC(C)=O)c1nc(C(=O)N[C@@H](Cc2ncc(C)cn2)C[C@H](C)C(=O)OC)cs1)C(C)C)C1CCC1. The van der Waals surface area contributed by atoms with Gasteiger partial charge in [0.2, 0.25) is 11.8 Å². The zero-order valence-electron chi connectivity index (χ0n) is 32.6. The Hall–Kier alpha value is -3.98. The van der Waals surface area contributed by atoms with Gasteiger partial charge < -0.3 is 30.3 Å². The summed E-state index contributed by atoms with van der Waals surface area (Å²) >= 11 is 1.19. The quantitative estimate of drug-likeness (QED) is 0.115. The number of nitrogens with one attached hydrogen (secondary N) is 3. The van der Waals surface area contributed by atoms with Crippen LogP contribution in [0, 0.1) is 24.7 Å². The highest BCUT2D eigenvalue weighted by Gasteiger charge is 2.39. The third-order valence-corrected chi connectivity index (χ3v) is 10.7. The molecule has 1 aliphatic rings. The normalized spacial score (nSPS) is 15.7. The van der Waals surface area contributed by atoms with Crippen LogP contribution in [0.4, 0.5) is 0 Å². The van der Waals surface area contributed by atoms with E-state index in [0.29, 0.717) is 17.3 Å². The minimum atomic E-state index is -0.827. The molecular weight excluding hydrogens is 699 g/mol. The van der Waals surface area contributed by atoms with Gasteiger partial charge >= 0.3 is 11.9 Å². The lowest BCUT2D eigenvalue weighted by atomic mass is 9.78. The number of hydrogen-bond donors (Lipinski definition) is 3. The zero-order chi connectivity index (χ0) is 39.1. The van der Waals surface area contributed by atoms with Gasteiger partial charge in [0.05, 0.1) is 13.0 Å². The van der Waals surface area contributed by atoms with Crippen LogP contribution in [0.25, 0.3) is 0 Å². The van der Waals surface area contributed by atoms with Crippen molar-refractivity contribution in [3.63, 3.8) is 0 Å². The summed E-state index contributed by atoms with van der Waals surface area (Å²) in [6, 6.07) is -1.49. The molecule has 1 fully saturated rings. The second-order valence-electron chi connectivity index (χ2n) is 14.5. The molecule has 14 nitrogen and oxygen atoms in total. The molecule has 294 valence electrons. The molecule has 1 aliphatic carbocycles. The Morgan fingerprint density at radius 3 is 2.30 bits per heavy atom. The number of amides is 3. The van der Waals surface area contributed by atoms with E-state index in [2.05, 4.69) is 30.9 Å². The fraction of sp³-hybridized carbons (Fsp3) is 0.684. The molecule has 3 amide bonds. The fourth-order valence-electron chi connectivity index (χ4n) is 6.51. The first-order valence-electron chi connectivity index (χ1n) is 18.7. The monoisotopic (exact) mass is 757 g/mol. The number of aryl methyl sites for hydroxylation is 1. The van der Waals surface area contributed by atoms with E-state index in [-0.39, 0.29) is 54.6 Å². The van der Waals surface area contributed by atoms with Gasteiger partial charge in [-0.15, -0.1) is 11.3 Å². The van der Waals surface area contributed by atoms with Crippen molar-refractivity contribution in [2.45, 2.75) is 123 Å². The second-order valence-corrected chi connectivity index (χ2v) is 15.4.